The van der Waals surface area contributed by atoms with Crippen LogP contribution in [-0.2, 0) is 0 Å². The number of β-amino-alcohol motifs (C(OH)–C–C–N with tert-alkyl or cyclic N) is 1. The number of para-hydroxylation sites is 1. The van der Waals surface area contributed by atoms with Crippen LogP contribution in [-0.4, -0.2) is 47.3 Å². The maximum Gasteiger partial charge on any atom is 0.119 e. The van der Waals surface area contributed by atoms with Gasteiger partial charge in [-0.2, -0.15) is 0 Å². The third-order valence-electron chi connectivity index (χ3n) is 4.15. The maximum atomic E-state index is 10.2. The lowest BCUT2D eigenvalue weighted by Crippen LogP contribution is -2.41. The molecule has 1 aliphatic rings. The molecule has 0 spiro atoms. The van der Waals surface area contributed by atoms with Crippen molar-refractivity contribution in [1.29, 1.82) is 0 Å². The van der Waals surface area contributed by atoms with Crippen LogP contribution in [0.3, 0.4) is 0 Å². The first-order valence-corrected chi connectivity index (χ1v) is 9.09. The quantitative estimate of drug-likeness (QED) is 0.883. The number of benzene rings is 1. The zero-order valence-electron chi connectivity index (χ0n) is 13.5. The van der Waals surface area contributed by atoms with Crippen molar-refractivity contribution in [3.05, 3.63) is 46.4 Å². The van der Waals surface area contributed by atoms with Crippen molar-refractivity contribution in [2.75, 3.05) is 26.2 Å². The van der Waals surface area contributed by atoms with Gasteiger partial charge in [0.25, 0.3) is 0 Å². The van der Waals surface area contributed by atoms with E-state index in [1.807, 2.05) is 37.3 Å². The van der Waals surface area contributed by atoms with Gasteiger partial charge in [0, 0.05) is 30.1 Å². The molecule has 4 nitrogen and oxygen atoms in total. The smallest absolute Gasteiger partial charge is 0.119 e. The van der Waals surface area contributed by atoms with E-state index in [1.54, 1.807) is 11.3 Å². The Labute approximate surface area is 141 Å². The van der Waals surface area contributed by atoms with Crippen molar-refractivity contribution in [2.24, 2.45) is 0 Å². The fourth-order valence-corrected chi connectivity index (χ4v) is 3.97. The Kier molecular flexibility index (Phi) is 5.65. The summed E-state index contributed by atoms with van der Waals surface area (Å²) in [5.41, 5.74) is 1.11. The van der Waals surface area contributed by atoms with E-state index in [1.165, 1.54) is 11.4 Å². The number of aliphatic hydroxyl groups is 1. The Balaban J connectivity index is 1.47. The van der Waals surface area contributed by atoms with Gasteiger partial charge < -0.3 is 9.84 Å². The van der Waals surface area contributed by atoms with Crippen LogP contribution >= 0.6 is 11.3 Å². The minimum absolute atomic E-state index is 0.335. The SMILES string of the molecule is Cc1csc([C@@H]2CCCN(C[C@@H](O)COc3ccccc3)C2)n1. The highest BCUT2D eigenvalue weighted by molar-refractivity contribution is 7.09. The molecule has 1 aromatic carbocycles. The van der Waals surface area contributed by atoms with Crippen molar-refractivity contribution in [2.45, 2.75) is 31.8 Å². The first-order valence-electron chi connectivity index (χ1n) is 8.21. The number of aromatic nitrogens is 1. The number of ether oxygens (including phenoxy) is 1. The minimum atomic E-state index is -0.466. The Morgan fingerprint density at radius 3 is 2.96 bits per heavy atom. The highest BCUT2D eigenvalue weighted by atomic mass is 32.1. The average Bonchev–Trinajstić information content (AvgIpc) is 3.01. The second-order valence-corrected chi connectivity index (χ2v) is 7.09. The lowest BCUT2D eigenvalue weighted by molar-refractivity contribution is 0.0583. The second kappa shape index (κ2) is 7.90. The predicted octanol–water partition coefficient (Wildman–Crippen LogP) is 3.07. The van der Waals surface area contributed by atoms with Crippen LogP contribution in [0.5, 0.6) is 5.75 Å². The summed E-state index contributed by atoms with van der Waals surface area (Å²) >= 11 is 1.76. The number of hydrogen-bond acceptors (Lipinski definition) is 5. The fourth-order valence-electron chi connectivity index (χ4n) is 3.04. The van der Waals surface area contributed by atoms with Gasteiger partial charge in [0.05, 0.1) is 5.01 Å². The zero-order chi connectivity index (χ0) is 16.1. The Hall–Kier alpha value is -1.43. The number of rotatable bonds is 6. The predicted molar refractivity (Wildman–Crippen MR) is 93.2 cm³/mol. The molecule has 1 N–H and O–H groups in total. The fraction of sp³-hybridized carbons (Fsp3) is 0.500. The Morgan fingerprint density at radius 1 is 1.39 bits per heavy atom. The maximum absolute atomic E-state index is 10.2. The first kappa shape index (κ1) is 16.4. The Bertz CT molecular complexity index is 602. The standard InChI is InChI=1S/C18H24N2O2S/c1-14-13-23-18(19-14)15-6-5-9-20(10-15)11-16(21)12-22-17-7-3-2-4-8-17/h2-4,7-8,13,15-16,21H,5-6,9-12H2,1H3/t15-,16-/m1/s1. The van der Waals surface area contributed by atoms with E-state index in [2.05, 4.69) is 15.3 Å². The van der Waals surface area contributed by atoms with E-state index in [0.717, 1.165) is 31.0 Å². The van der Waals surface area contributed by atoms with Gasteiger partial charge in [0.1, 0.15) is 18.5 Å². The van der Waals surface area contributed by atoms with Crippen molar-refractivity contribution in [3.8, 4) is 5.75 Å². The van der Waals surface area contributed by atoms with E-state index < -0.39 is 6.10 Å². The van der Waals surface area contributed by atoms with E-state index in [9.17, 15) is 5.11 Å². The second-order valence-electron chi connectivity index (χ2n) is 6.20. The molecule has 124 valence electrons. The number of thiazole rings is 1. The molecule has 1 saturated heterocycles. The number of likely N-dealkylation sites (tertiary alicyclic amines) is 1. The van der Waals surface area contributed by atoms with Crippen molar-refractivity contribution in [3.63, 3.8) is 0 Å². The average molecular weight is 332 g/mol. The van der Waals surface area contributed by atoms with Crippen molar-refractivity contribution < 1.29 is 9.84 Å². The van der Waals surface area contributed by atoms with Crippen LogP contribution in [0.4, 0.5) is 0 Å². The summed E-state index contributed by atoms with van der Waals surface area (Å²) in [6, 6.07) is 9.65. The minimum Gasteiger partial charge on any atom is -0.491 e. The summed E-state index contributed by atoms with van der Waals surface area (Å²) in [5, 5.41) is 13.6. The summed E-state index contributed by atoms with van der Waals surface area (Å²) in [7, 11) is 0. The van der Waals surface area contributed by atoms with Crippen LogP contribution in [0.15, 0.2) is 35.7 Å². The van der Waals surface area contributed by atoms with Gasteiger partial charge in [-0.25, -0.2) is 4.98 Å². The van der Waals surface area contributed by atoms with Gasteiger partial charge in [-0.05, 0) is 38.4 Å². The third-order valence-corrected chi connectivity index (χ3v) is 5.27. The van der Waals surface area contributed by atoms with Gasteiger partial charge in [-0.1, -0.05) is 18.2 Å². The van der Waals surface area contributed by atoms with E-state index in [4.69, 9.17) is 4.74 Å². The highest BCUT2D eigenvalue weighted by Crippen LogP contribution is 2.29. The van der Waals surface area contributed by atoms with Gasteiger partial charge in [0.2, 0.25) is 0 Å². The van der Waals surface area contributed by atoms with E-state index in [-0.39, 0.29) is 0 Å². The molecule has 3 rings (SSSR count). The molecule has 1 fully saturated rings. The molecule has 1 aliphatic heterocycles. The lowest BCUT2D eigenvalue weighted by Gasteiger charge is -2.33. The van der Waals surface area contributed by atoms with Gasteiger partial charge in [-0.3, -0.25) is 4.90 Å². The summed E-state index contributed by atoms with van der Waals surface area (Å²) in [6.45, 7) is 5.07. The molecule has 0 aliphatic carbocycles. The molecule has 2 atom stereocenters. The molecule has 2 heterocycles. The Morgan fingerprint density at radius 2 is 2.22 bits per heavy atom. The van der Waals surface area contributed by atoms with E-state index in [0.29, 0.717) is 19.1 Å². The van der Waals surface area contributed by atoms with Crippen LogP contribution in [0.25, 0.3) is 0 Å². The molecule has 2 aromatic rings. The highest BCUT2D eigenvalue weighted by Gasteiger charge is 2.24. The number of piperidine rings is 1. The van der Waals surface area contributed by atoms with E-state index >= 15 is 0 Å². The molecular weight excluding hydrogens is 308 g/mol. The molecular formula is C18H24N2O2S. The molecule has 0 saturated carbocycles. The summed E-state index contributed by atoms with van der Waals surface area (Å²) in [6.07, 6.45) is 1.89. The third kappa shape index (κ3) is 4.77. The van der Waals surface area contributed by atoms with Crippen LogP contribution < -0.4 is 4.74 Å². The largest absolute Gasteiger partial charge is 0.491 e. The molecule has 5 heteroatoms. The topological polar surface area (TPSA) is 45.6 Å². The first-order chi connectivity index (χ1) is 11.2. The van der Waals surface area contributed by atoms with Crippen molar-refractivity contribution in [1.82, 2.24) is 9.88 Å². The number of aryl methyl sites for hydroxylation is 1. The molecule has 0 amide bonds. The summed E-state index contributed by atoms with van der Waals surface area (Å²) in [4.78, 5) is 6.97. The summed E-state index contributed by atoms with van der Waals surface area (Å²) < 4.78 is 5.64. The molecule has 1 aromatic heterocycles. The number of nitrogens with zero attached hydrogens (tertiary/aromatic N) is 2. The zero-order valence-corrected chi connectivity index (χ0v) is 14.3. The van der Waals surface area contributed by atoms with Crippen LogP contribution in [0.2, 0.25) is 0 Å². The monoisotopic (exact) mass is 332 g/mol. The lowest BCUT2D eigenvalue weighted by atomic mass is 9.98. The van der Waals surface area contributed by atoms with Crippen LogP contribution in [0, 0.1) is 6.92 Å². The normalized spacial score (nSPS) is 20.3. The molecule has 0 bridgehead atoms. The molecule has 0 radical (unpaired) electrons. The molecule has 0 unspecified atom stereocenters. The van der Waals surface area contributed by atoms with Gasteiger partial charge in [0.15, 0.2) is 0 Å². The summed E-state index contributed by atoms with van der Waals surface area (Å²) in [5.74, 6) is 1.31. The molecule has 23 heavy (non-hydrogen) atoms. The van der Waals surface area contributed by atoms with Gasteiger partial charge >= 0.3 is 0 Å². The van der Waals surface area contributed by atoms with Crippen LogP contribution in [0.1, 0.15) is 29.5 Å². The number of hydrogen-bond donors (Lipinski definition) is 1. The number of aliphatic hydroxyl groups excluding tert-OH is 1. The van der Waals surface area contributed by atoms with Crippen molar-refractivity contribution >= 4 is 11.3 Å². The van der Waals surface area contributed by atoms with Gasteiger partial charge in [-0.15, -0.1) is 11.3 Å².